The molecule has 0 aliphatic carbocycles. The Balaban J connectivity index is 1.37. The molecule has 3 amide bonds. The normalized spacial score (nSPS) is 15.4. The van der Waals surface area contributed by atoms with Crippen LogP contribution < -0.4 is 5.32 Å². The molecule has 6 nitrogen and oxygen atoms in total. The van der Waals surface area contributed by atoms with Crippen LogP contribution in [0.2, 0.25) is 5.02 Å². The minimum Gasteiger partial charge on any atom is -0.348 e. The number of carbonyl (C=O) groups is 3. The number of fused-ring (bicyclic) bond motifs is 1. The first-order valence-corrected chi connectivity index (χ1v) is 13.1. The first kappa shape index (κ1) is 25.8. The average molecular weight is 548 g/mol. The Morgan fingerprint density at radius 3 is 2.58 bits per heavy atom. The minimum absolute atomic E-state index is 0.0529. The summed E-state index contributed by atoms with van der Waals surface area (Å²) >= 11 is 6.93. The van der Waals surface area contributed by atoms with Crippen LogP contribution in [0.25, 0.3) is 17.0 Å². The lowest BCUT2D eigenvalue weighted by molar-refractivity contribution is -0.123. The average Bonchev–Trinajstić information content (AvgIpc) is 3.37. The van der Waals surface area contributed by atoms with E-state index < -0.39 is 17.0 Å². The van der Waals surface area contributed by atoms with E-state index >= 15 is 0 Å². The molecule has 192 valence electrons. The van der Waals surface area contributed by atoms with Crippen LogP contribution in [0.15, 0.2) is 83.9 Å². The molecule has 1 fully saturated rings. The molecule has 1 N–H and O–H groups in total. The van der Waals surface area contributed by atoms with Crippen molar-refractivity contribution < 1.29 is 18.8 Å². The van der Waals surface area contributed by atoms with Crippen LogP contribution in [-0.4, -0.2) is 26.5 Å². The van der Waals surface area contributed by atoms with Crippen LogP contribution in [0.1, 0.15) is 29.7 Å². The number of carbonyl (C=O) groups excluding carboxylic acids is 3. The molecule has 9 heteroatoms. The summed E-state index contributed by atoms with van der Waals surface area (Å²) in [4.78, 5) is 40.0. The Morgan fingerprint density at radius 2 is 1.82 bits per heavy atom. The molecule has 4 aromatic rings. The predicted molar refractivity (Wildman–Crippen MR) is 148 cm³/mol. The summed E-state index contributed by atoms with van der Waals surface area (Å²) in [5.41, 5.74) is 3.04. The number of nitrogens with one attached hydrogen (secondary N) is 1. The third-order valence-corrected chi connectivity index (χ3v) is 7.57. The van der Waals surface area contributed by atoms with Crippen LogP contribution >= 0.6 is 23.4 Å². The number of imide groups is 1. The number of hydrogen-bond donors (Lipinski definition) is 1. The quantitative estimate of drug-likeness (QED) is 0.266. The molecular formula is C29H23ClFN3O3S. The van der Waals surface area contributed by atoms with Gasteiger partial charge in [0.15, 0.2) is 0 Å². The van der Waals surface area contributed by atoms with Gasteiger partial charge in [-0.05, 0) is 54.1 Å². The smallest absolute Gasteiger partial charge is 0.293 e. The van der Waals surface area contributed by atoms with Crippen molar-refractivity contribution >= 4 is 57.4 Å². The number of aromatic nitrogens is 1. The second-order valence-electron chi connectivity index (χ2n) is 8.93. The lowest BCUT2D eigenvalue weighted by Crippen LogP contribution is -2.29. The standard InChI is InChI=1S/C29H23ClFN3O3S/c1-18(19-7-3-2-4-8-19)32-27(35)17-33-15-21(23-9-5-6-10-25(23)33)13-26-28(36)34(29(37)38-26)16-20-11-12-22(31)14-24(20)30/h2-15,18H,16-17H2,1H3,(H,32,35)/b26-13-. The lowest BCUT2D eigenvalue weighted by atomic mass is 10.1. The number of para-hydroxylation sites is 1. The topological polar surface area (TPSA) is 71.4 Å². The molecule has 1 aliphatic rings. The van der Waals surface area contributed by atoms with Gasteiger partial charge in [-0.15, -0.1) is 0 Å². The van der Waals surface area contributed by atoms with E-state index in [-0.39, 0.29) is 35.0 Å². The molecular weight excluding hydrogens is 525 g/mol. The Labute approximate surface area is 228 Å². The van der Waals surface area contributed by atoms with E-state index in [1.165, 1.54) is 12.1 Å². The van der Waals surface area contributed by atoms with Gasteiger partial charge in [-0.3, -0.25) is 19.3 Å². The molecule has 2 heterocycles. The summed E-state index contributed by atoms with van der Waals surface area (Å²) in [6, 6.07) is 21.0. The van der Waals surface area contributed by atoms with Gasteiger partial charge in [-0.2, -0.15) is 0 Å². The first-order chi connectivity index (χ1) is 18.3. The summed E-state index contributed by atoms with van der Waals surface area (Å²) in [6.45, 7) is 1.97. The largest absolute Gasteiger partial charge is 0.348 e. The van der Waals surface area contributed by atoms with Gasteiger partial charge in [-0.1, -0.05) is 66.2 Å². The van der Waals surface area contributed by atoms with Crippen molar-refractivity contribution in [2.45, 2.75) is 26.1 Å². The molecule has 5 rings (SSSR count). The number of amides is 3. The molecule has 3 aromatic carbocycles. The minimum atomic E-state index is -0.493. The Morgan fingerprint density at radius 1 is 1.08 bits per heavy atom. The first-order valence-electron chi connectivity index (χ1n) is 11.9. The molecule has 0 spiro atoms. The molecule has 38 heavy (non-hydrogen) atoms. The van der Waals surface area contributed by atoms with Gasteiger partial charge in [-0.25, -0.2) is 4.39 Å². The predicted octanol–water partition coefficient (Wildman–Crippen LogP) is 6.55. The van der Waals surface area contributed by atoms with E-state index in [0.29, 0.717) is 5.56 Å². The molecule has 0 saturated carbocycles. The van der Waals surface area contributed by atoms with Crippen molar-refractivity contribution in [3.05, 3.63) is 111 Å². The second kappa shape index (κ2) is 10.8. The van der Waals surface area contributed by atoms with Gasteiger partial charge in [0.05, 0.1) is 17.5 Å². The van der Waals surface area contributed by atoms with E-state index in [1.807, 2.05) is 72.3 Å². The van der Waals surface area contributed by atoms with Crippen LogP contribution in [0.5, 0.6) is 0 Å². The number of halogens is 2. The molecule has 1 unspecified atom stereocenters. The number of hydrogen-bond acceptors (Lipinski definition) is 4. The fourth-order valence-electron chi connectivity index (χ4n) is 4.39. The van der Waals surface area contributed by atoms with Crippen LogP contribution in [-0.2, 0) is 22.7 Å². The summed E-state index contributed by atoms with van der Waals surface area (Å²) in [5.74, 6) is -1.09. The van der Waals surface area contributed by atoms with E-state index in [0.717, 1.165) is 44.8 Å². The Kier molecular flexibility index (Phi) is 7.35. The third-order valence-electron chi connectivity index (χ3n) is 6.31. The maximum atomic E-state index is 13.4. The summed E-state index contributed by atoms with van der Waals surface area (Å²) in [5, 5.41) is 3.59. The number of nitrogens with zero attached hydrogens (tertiary/aromatic N) is 2. The van der Waals surface area contributed by atoms with Crippen LogP contribution in [0.3, 0.4) is 0 Å². The zero-order valence-corrected chi connectivity index (χ0v) is 21.9. The zero-order chi connectivity index (χ0) is 26.8. The van der Waals surface area contributed by atoms with Crippen molar-refractivity contribution in [1.82, 2.24) is 14.8 Å². The molecule has 1 aromatic heterocycles. The Bertz CT molecular complexity index is 1580. The molecule has 1 aliphatic heterocycles. The SMILES string of the molecule is CC(NC(=O)Cn1cc(/C=C2\SC(=O)N(Cc3ccc(F)cc3Cl)C2=O)c2ccccc21)c1ccccc1. The maximum absolute atomic E-state index is 13.4. The number of rotatable bonds is 7. The molecule has 1 saturated heterocycles. The van der Waals surface area contributed by atoms with Crippen molar-refractivity contribution in [2.24, 2.45) is 0 Å². The third kappa shape index (κ3) is 5.37. The van der Waals surface area contributed by atoms with Gasteiger partial charge in [0, 0.05) is 27.7 Å². The van der Waals surface area contributed by atoms with Crippen LogP contribution in [0.4, 0.5) is 9.18 Å². The van der Waals surface area contributed by atoms with Gasteiger partial charge >= 0.3 is 0 Å². The van der Waals surface area contributed by atoms with Crippen molar-refractivity contribution in [3.63, 3.8) is 0 Å². The zero-order valence-electron chi connectivity index (χ0n) is 20.4. The summed E-state index contributed by atoms with van der Waals surface area (Å²) < 4.78 is 15.2. The van der Waals surface area contributed by atoms with E-state index in [1.54, 1.807) is 6.08 Å². The van der Waals surface area contributed by atoms with Crippen LogP contribution in [0, 0.1) is 5.82 Å². The van der Waals surface area contributed by atoms with Gasteiger partial charge in [0.1, 0.15) is 12.4 Å². The Hall–Kier alpha value is -3.88. The number of thioether (sulfide) groups is 1. The highest BCUT2D eigenvalue weighted by molar-refractivity contribution is 8.18. The summed E-state index contributed by atoms with van der Waals surface area (Å²) in [7, 11) is 0. The van der Waals surface area contributed by atoms with E-state index in [2.05, 4.69) is 5.32 Å². The molecule has 0 radical (unpaired) electrons. The van der Waals surface area contributed by atoms with Crippen molar-refractivity contribution in [1.29, 1.82) is 0 Å². The van der Waals surface area contributed by atoms with Gasteiger partial charge in [0.2, 0.25) is 5.91 Å². The molecule has 1 atom stereocenters. The lowest BCUT2D eigenvalue weighted by Gasteiger charge is -2.15. The van der Waals surface area contributed by atoms with E-state index in [9.17, 15) is 18.8 Å². The second-order valence-corrected chi connectivity index (χ2v) is 10.3. The summed E-state index contributed by atoms with van der Waals surface area (Å²) in [6.07, 6.45) is 3.47. The van der Waals surface area contributed by atoms with Gasteiger partial charge in [0.25, 0.3) is 11.1 Å². The van der Waals surface area contributed by atoms with Gasteiger partial charge < -0.3 is 9.88 Å². The van der Waals surface area contributed by atoms with Crippen molar-refractivity contribution in [2.75, 3.05) is 0 Å². The monoisotopic (exact) mass is 547 g/mol. The van der Waals surface area contributed by atoms with Crippen molar-refractivity contribution in [3.8, 4) is 0 Å². The highest BCUT2D eigenvalue weighted by atomic mass is 35.5. The highest BCUT2D eigenvalue weighted by Gasteiger charge is 2.35. The maximum Gasteiger partial charge on any atom is 0.293 e. The number of benzene rings is 3. The fraction of sp³-hybridized carbons (Fsp3) is 0.138. The fourth-order valence-corrected chi connectivity index (χ4v) is 5.44. The highest BCUT2D eigenvalue weighted by Crippen LogP contribution is 2.35. The molecule has 0 bridgehead atoms. The van der Waals surface area contributed by atoms with E-state index in [4.69, 9.17) is 11.6 Å².